The first-order chi connectivity index (χ1) is 14.0. The van der Waals surface area contributed by atoms with Crippen LogP contribution in [0, 0.1) is 11.2 Å². The molecule has 0 aromatic heterocycles. The Labute approximate surface area is 178 Å². The van der Waals surface area contributed by atoms with Crippen molar-refractivity contribution in [3.05, 3.63) is 59.4 Å². The number of piperazine rings is 1. The van der Waals surface area contributed by atoms with Crippen molar-refractivity contribution >= 4 is 6.09 Å². The molecule has 0 spiro atoms. The molecule has 5 nitrogen and oxygen atoms in total. The summed E-state index contributed by atoms with van der Waals surface area (Å²) in [6.07, 6.45) is -0.860. The fourth-order valence-corrected chi connectivity index (χ4v) is 4.19. The zero-order valence-corrected chi connectivity index (χ0v) is 18.3. The van der Waals surface area contributed by atoms with Crippen LogP contribution in [0.1, 0.15) is 38.8 Å². The van der Waals surface area contributed by atoms with Gasteiger partial charge in [0.25, 0.3) is 0 Å². The molecule has 3 N–H and O–H groups in total. The van der Waals surface area contributed by atoms with Gasteiger partial charge in [-0.2, -0.15) is 0 Å². The van der Waals surface area contributed by atoms with Gasteiger partial charge in [-0.1, -0.05) is 45.0 Å². The number of hydrogen-bond donors (Lipinski definition) is 2. The topological polar surface area (TPSA) is 69.8 Å². The minimum Gasteiger partial charge on any atom is -0.465 e. The number of carbonyl (C=O) groups is 1. The Balaban J connectivity index is 1.82. The number of halogens is 1. The van der Waals surface area contributed by atoms with E-state index >= 15 is 0 Å². The maximum Gasteiger partial charge on any atom is 0.407 e. The number of amides is 1. The van der Waals surface area contributed by atoms with E-state index in [9.17, 15) is 14.3 Å². The summed E-state index contributed by atoms with van der Waals surface area (Å²) in [6.45, 7) is 11.1. The second-order valence-corrected chi connectivity index (χ2v) is 9.38. The van der Waals surface area contributed by atoms with Gasteiger partial charge in [0.2, 0.25) is 0 Å². The highest BCUT2D eigenvalue weighted by atomic mass is 19.1. The number of nitrogens with two attached hydrogens (primary N) is 1. The molecule has 6 heteroatoms. The number of benzene rings is 2. The van der Waals surface area contributed by atoms with Crippen molar-refractivity contribution in [1.82, 2.24) is 9.80 Å². The molecule has 1 aliphatic heterocycles. The first kappa shape index (κ1) is 22.2. The van der Waals surface area contributed by atoms with Crippen LogP contribution < -0.4 is 5.73 Å². The van der Waals surface area contributed by atoms with Crippen molar-refractivity contribution < 1.29 is 14.3 Å². The predicted molar refractivity (Wildman–Crippen MR) is 118 cm³/mol. The minimum absolute atomic E-state index is 0.165. The van der Waals surface area contributed by atoms with Gasteiger partial charge in [-0.15, -0.1) is 0 Å². The Morgan fingerprint density at radius 2 is 1.87 bits per heavy atom. The van der Waals surface area contributed by atoms with Gasteiger partial charge in [-0.25, -0.2) is 9.18 Å². The smallest absolute Gasteiger partial charge is 0.407 e. The third-order valence-electron chi connectivity index (χ3n) is 6.55. The molecule has 30 heavy (non-hydrogen) atoms. The van der Waals surface area contributed by atoms with E-state index in [0.717, 1.165) is 23.2 Å². The summed E-state index contributed by atoms with van der Waals surface area (Å²) in [4.78, 5) is 15.7. The highest BCUT2D eigenvalue weighted by molar-refractivity contribution is 5.67. The van der Waals surface area contributed by atoms with E-state index in [1.807, 2.05) is 19.1 Å². The summed E-state index contributed by atoms with van der Waals surface area (Å²) in [6, 6.07) is 13.3. The Hall–Kier alpha value is -2.44. The molecule has 1 fully saturated rings. The molecular formula is C24H32FN3O2. The van der Waals surface area contributed by atoms with Gasteiger partial charge in [0.05, 0.1) is 5.54 Å². The van der Waals surface area contributed by atoms with E-state index < -0.39 is 11.6 Å². The second-order valence-electron chi connectivity index (χ2n) is 9.38. The molecule has 1 amide bonds. The Morgan fingerprint density at radius 1 is 1.17 bits per heavy atom. The van der Waals surface area contributed by atoms with Crippen LogP contribution in [0.5, 0.6) is 0 Å². The van der Waals surface area contributed by atoms with Crippen molar-refractivity contribution in [1.29, 1.82) is 0 Å². The normalized spacial score (nSPS) is 20.4. The molecule has 1 saturated heterocycles. The predicted octanol–water partition coefficient (Wildman–Crippen LogP) is 4.55. The fourth-order valence-electron chi connectivity index (χ4n) is 4.19. The van der Waals surface area contributed by atoms with E-state index in [-0.39, 0.29) is 17.8 Å². The standard InChI is InChI=1S/C24H32FN3O2/c1-23(2,3)24(4)16-27(10-11-28(24)22(29)30)15-17-6-5-7-18(12-17)19-8-9-21(25)20(13-19)14-26/h5-9,12-13H,10-11,14-16,26H2,1-4H3,(H,29,30)/t24-/m1/s1. The van der Waals surface area contributed by atoms with Crippen LogP contribution in [0.4, 0.5) is 9.18 Å². The molecule has 2 aromatic carbocycles. The molecule has 0 saturated carbocycles. The second kappa shape index (κ2) is 8.36. The monoisotopic (exact) mass is 413 g/mol. The molecule has 0 radical (unpaired) electrons. The van der Waals surface area contributed by atoms with Crippen molar-refractivity contribution in [2.24, 2.45) is 11.1 Å². The summed E-state index contributed by atoms with van der Waals surface area (Å²) in [5.41, 5.74) is 8.58. The fraction of sp³-hybridized carbons (Fsp3) is 0.458. The SMILES string of the molecule is CC(C)(C)[C@@]1(C)CN(Cc2cccc(-c3ccc(F)c(CN)c3)c2)CCN1C(=O)O. The van der Waals surface area contributed by atoms with E-state index in [1.165, 1.54) is 6.07 Å². The zero-order valence-electron chi connectivity index (χ0n) is 18.3. The molecular weight excluding hydrogens is 381 g/mol. The van der Waals surface area contributed by atoms with Crippen molar-refractivity contribution in [3.8, 4) is 11.1 Å². The number of hydrogen-bond acceptors (Lipinski definition) is 3. The number of rotatable bonds is 4. The van der Waals surface area contributed by atoms with Crippen LogP contribution in [0.2, 0.25) is 0 Å². The average molecular weight is 414 g/mol. The summed E-state index contributed by atoms with van der Waals surface area (Å²) in [5.74, 6) is -0.282. The first-order valence-corrected chi connectivity index (χ1v) is 10.4. The lowest BCUT2D eigenvalue weighted by molar-refractivity contribution is -0.0461. The van der Waals surface area contributed by atoms with Crippen LogP contribution in [-0.2, 0) is 13.1 Å². The van der Waals surface area contributed by atoms with Crippen molar-refractivity contribution in [2.45, 2.75) is 46.3 Å². The molecule has 2 aromatic rings. The van der Waals surface area contributed by atoms with Crippen LogP contribution in [0.3, 0.4) is 0 Å². The van der Waals surface area contributed by atoms with E-state index in [0.29, 0.717) is 25.2 Å². The largest absolute Gasteiger partial charge is 0.465 e. The van der Waals surface area contributed by atoms with Gasteiger partial charge in [0.1, 0.15) is 5.82 Å². The maximum atomic E-state index is 13.8. The average Bonchev–Trinajstić information content (AvgIpc) is 2.67. The third kappa shape index (κ3) is 4.35. The van der Waals surface area contributed by atoms with Gasteiger partial charge >= 0.3 is 6.09 Å². The van der Waals surface area contributed by atoms with Crippen LogP contribution >= 0.6 is 0 Å². The highest BCUT2D eigenvalue weighted by Gasteiger charge is 2.48. The lowest BCUT2D eigenvalue weighted by Gasteiger charge is -2.54. The molecule has 1 aliphatic rings. The maximum absolute atomic E-state index is 13.8. The molecule has 0 aliphatic carbocycles. The first-order valence-electron chi connectivity index (χ1n) is 10.4. The van der Waals surface area contributed by atoms with E-state index in [2.05, 4.69) is 37.8 Å². The van der Waals surface area contributed by atoms with Gasteiger partial charge in [-0.3, -0.25) is 9.80 Å². The third-order valence-corrected chi connectivity index (χ3v) is 6.55. The van der Waals surface area contributed by atoms with Crippen molar-refractivity contribution in [3.63, 3.8) is 0 Å². The lowest BCUT2D eigenvalue weighted by atomic mass is 9.72. The Kier molecular flexibility index (Phi) is 6.20. The lowest BCUT2D eigenvalue weighted by Crippen LogP contribution is -2.67. The highest BCUT2D eigenvalue weighted by Crippen LogP contribution is 2.38. The van der Waals surface area contributed by atoms with Crippen molar-refractivity contribution in [2.75, 3.05) is 19.6 Å². The quantitative estimate of drug-likeness (QED) is 0.771. The molecule has 1 heterocycles. The van der Waals surface area contributed by atoms with Crippen LogP contribution in [0.25, 0.3) is 11.1 Å². The van der Waals surface area contributed by atoms with Gasteiger partial charge in [0.15, 0.2) is 0 Å². The van der Waals surface area contributed by atoms with E-state index in [1.54, 1.807) is 17.0 Å². The molecule has 3 rings (SSSR count). The zero-order chi connectivity index (χ0) is 22.1. The minimum atomic E-state index is -0.860. The summed E-state index contributed by atoms with van der Waals surface area (Å²) in [5, 5.41) is 9.71. The number of nitrogens with zero attached hydrogens (tertiary/aromatic N) is 2. The number of carboxylic acid groups (broad SMARTS) is 1. The van der Waals surface area contributed by atoms with E-state index in [4.69, 9.17) is 5.73 Å². The molecule has 0 unspecified atom stereocenters. The van der Waals surface area contributed by atoms with Gasteiger partial charge in [0, 0.05) is 38.3 Å². The molecule has 0 bridgehead atoms. The van der Waals surface area contributed by atoms with Gasteiger partial charge < -0.3 is 10.8 Å². The van der Waals surface area contributed by atoms with Gasteiger partial charge in [-0.05, 0) is 47.2 Å². The van der Waals surface area contributed by atoms with Crippen LogP contribution in [-0.4, -0.2) is 46.2 Å². The summed E-state index contributed by atoms with van der Waals surface area (Å²) >= 11 is 0. The summed E-state index contributed by atoms with van der Waals surface area (Å²) in [7, 11) is 0. The molecule has 1 atom stereocenters. The van der Waals surface area contributed by atoms with Crippen LogP contribution in [0.15, 0.2) is 42.5 Å². The Bertz CT molecular complexity index is 925. The molecule has 162 valence electrons. The Morgan fingerprint density at radius 3 is 2.50 bits per heavy atom. The summed E-state index contributed by atoms with van der Waals surface area (Å²) < 4.78 is 13.8.